The first kappa shape index (κ1) is 18.6. The SMILES string of the molecule is CN(Cc1ccccc1)C(=O)CNC(=O)N1CCN(c2ncccn2)CC1. The Labute approximate surface area is 158 Å². The van der Waals surface area contributed by atoms with Crippen LogP contribution in [0.4, 0.5) is 10.7 Å². The topological polar surface area (TPSA) is 81.7 Å². The van der Waals surface area contributed by atoms with Crippen LogP contribution in [-0.4, -0.2) is 71.5 Å². The van der Waals surface area contributed by atoms with E-state index in [1.54, 1.807) is 35.3 Å². The number of likely N-dealkylation sites (N-methyl/N-ethyl adjacent to an activating group) is 1. The van der Waals surface area contributed by atoms with Crippen LogP contribution in [0.3, 0.4) is 0 Å². The summed E-state index contributed by atoms with van der Waals surface area (Å²) in [6.07, 6.45) is 3.41. The number of nitrogens with one attached hydrogen (secondary N) is 1. The molecule has 0 spiro atoms. The van der Waals surface area contributed by atoms with Crippen LogP contribution in [0.15, 0.2) is 48.8 Å². The van der Waals surface area contributed by atoms with Gasteiger partial charge in [0.15, 0.2) is 0 Å². The van der Waals surface area contributed by atoms with Gasteiger partial charge in [-0.25, -0.2) is 14.8 Å². The number of rotatable bonds is 5. The van der Waals surface area contributed by atoms with E-state index < -0.39 is 0 Å². The van der Waals surface area contributed by atoms with Gasteiger partial charge in [0, 0.05) is 52.2 Å². The van der Waals surface area contributed by atoms with Crippen LogP contribution in [0, 0.1) is 0 Å². The number of carbonyl (C=O) groups excluding carboxylic acids is 2. The average molecular weight is 368 g/mol. The summed E-state index contributed by atoms with van der Waals surface area (Å²) in [6.45, 7) is 2.98. The van der Waals surface area contributed by atoms with Crippen LogP contribution in [-0.2, 0) is 11.3 Å². The molecule has 0 radical (unpaired) electrons. The molecule has 1 fully saturated rings. The van der Waals surface area contributed by atoms with E-state index >= 15 is 0 Å². The van der Waals surface area contributed by atoms with Gasteiger partial charge in [-0.3, -0.25) is 4.79 Å². The molecule has 1 N–H and O–H groups in total. The predicted octanol–water partition coefficient (Wildman–Crippen LogP) is 0.967. The van der Waals surface area contributed by atoms with Crippen molar-refractivity contribution in [2.45, 2.75) is 6.54 Å². The van der Waals surface area contributed by atoms with Crippen LogP contribution in [0.2, 0.25) is 0 Å². The number of piperazine rings is 1. The van der Waals surface area contributed by atoms with Crippen LogP contribution >= 0.6 is 0 Å². The third kappa shape index (κ3) is 5.16. The molecule has 8 nitrogen and oxygen atoms in total. The summed E-state index contributed by atoms with van der Waals surface area (Å²) < 4.78 is 0. The smallest absolute Gasteiger partial charge is 0.317 e. The Kier molecular flexibility index (Phi) is 6.19. The molecule has 1 saturated heterocycles. The van der Waals surface area contributed by atoms with E-state index in [4.69, 9.17) is 0 Å². The van der Waals surface area contributed by atoms with Crippen molar-refractivity contribution in [2.24, 2.45) is 0 Å². The monoisotopic (exact) mass is 368 g/mol. The van der Waals surface area contributed by atoms with Crippen molar-refractivity contribution in [3.05, 3.63) is 54.4 Å². The fourth-order valence-electron chi connectivity index (χ4n) is 2.91. The highest BCUT2D eigenvalue weighted by Gasteiger charge is 2.23. The Balaban J connectivity index is 1.41. The molecule has 142 valence electrons. The summed E-state index contributed by atoms with van der Waals surface area (Å²) in [4.78, 5) is 38.4. The van der Waals surface area contributed by atoms with Crippen LogP contribution < -0.4 is 10.2 Å². The second-order valence-corrected chi connectivity index (χ2v) is 6.42. The molecule has 0 bridgehead atoms. The molecule has 1 aromatic heterocycles. The molecular weight excluding hydrogens is 344 g/mol. The molecule has 1 aromatic carbocycles. The lowest BCUT2D eigenvalue weighted by molar-refractivity contribution is -0.129. The highest BCUT2D eigenvalue weighted by atomic mass is 16.2. The molecule has 8 heteroatoms. The lowest BCUT2D eigenvalue weighted by Crippen LogP contribution is -2.53. The molecule has 3 rings (SSSR count). The Morgan fingerprint density at radius 1 is 1.04 bits per heavy atom. The zero-order chi connectivity index (χ0) is 19.1. The van der Waals surface area contributed by atoms with E-state index in [1.807, 2.05) is 35.2 Å². The molecule has 2 heterocycles. The van der Waals surface area contributed by atoms with E-state index in [1.165, 1.54) is 0 Å². The minimum atomic E-state index is -0.218. The van der Waals surface area contributed by atoms with Crippen LogP contribution in [0.1, 0.15) is 5.56 Å². The molecule has 27 heavy (non-hydrogen) atoms. The lowest BCUT2D eigenvalue weighted by atomic mass is 10.2. The first-order chi connectivity index (χ1) is 13.1. The molecule has 0 unspecified atom stereocenters. The second-order valence-electron chi connectivity index (χ2n) is 6.42. The molecule has 1 aliphatic rings. The normalized spacial score (nSPS) is 14.0. The fourth-order valence-corrected chi connectivity index (χ4v) is 2.91. The number of urea groups is 1. The van der Waals surface area contributed by atoms with Gasteiger partial charge in [-0.05, 0) is 11.6 Å². The Morgan fingerprint density at radius 2 is 1.70 bits per heavy atom. The van der Waals surface area contributed by atoms with Gasteiger partial charge in [0.2, 0.25) is 11.9 Å². The van der Waals surface area contributed by atoms with Crippen molar-refractivity contribution in [1.29, 1.82) is 0 Å². The highest BCUT2D eigenvalue weighted by molar-refractivity contribution is 5.84. The summed E-state index contributed by atoms with van der Waals surface area (Å²) in [7, 11) is 1.74. The zero-order valence-corrected chi connectivity index (χ0v) is 15.4. The maximum atomic E-state index is 12.3. The predicted molar refractivity (Wildman–Crippen MR) is 102 cm³/mol. The highest BCUT2D eigenvalue weighted by Crippen LogP contribution is 2.09. The summed E-state index contributed by atoms with van der Waals surface area (Å²) in [5, 5.41) is 2.72. The third-order valence-corrected chi connectivity index (χ3v) is 4.48. The molecular formula is C19H24N6O2. The maximum absolute atomic E-state index is 12.3. The van der Waals surface area contributed by atoms with Gasteiger partial charge >= 0.3 is 6.03 Å². The Hall–Kier alpha value is -3.16. The first-order valence-electron chi connectivity index (χ1n) is 8.96. The van der Waals surface area contributed by atoms with Gasteiger partial charge in [0.1, 0.15) is 0 Å². The lowest BCUT2D eigenvalue weighted by Gasteiger charge is -2.34. The van der Waals surface area contributed by atoms with E-state index in [2.05, 4.69) is 15.3 Å². The van der Waals surface area contributed by atoms with E-state index in [9.17, 15) is 9.59 Å². The number of nitrogens with zero attached hydrogens (tertiary/aromatic N) is 5. The molecule has 3 amide bonds. The van der Waals surface area contributed by atoms with Crippen molar-refractivity contribution < 1.29 is 9.59 Å². The van der Waals surface area contributed by atoms with Gasteiger partial charge < -0.3 is 20.0 Å². The third-order valence-electron chi connectivity index (χ3n) is 4.48. The second kappa shape index (κ2) is 8.98. The van der Waals surface area contributed by atoms with Gasteiger partial charge in [-0.2, -0.15) is 0 Å². The van der Waals surface area contributed by atoms with E-state index in [0.29, 0.717) is 38.7 Å². The van der Waals surface area contributed by atoms with Crippen LogP contribution in [0.5, 0.6) is 0 Å². The summed E-state index contributed by atoms with van der Waals surface area (Å²) in [5.74, 6) is 0.554. The van der Waals surface area contributed by atoms with Crippen molar-refractivity contribution in [1.82, 2.24) is 25.1 Å². The fraction of sp³-hybridized carbons (Fsp3) is 0.368. The van der Waals surface area contributed by atoms with Crippen LogP contribution in [0.25, 0.3) is 0 Å². The van der Waals surface area contributed by atoms with Crippen molar-refractivity contribution >= 4 is 17.9 Å². The van der Waals surface area contributed by atoms with Gasteiger partial charge in [-0.15, -0.1) is 0 Å². The standard InChI is InChI=1S/C19H24N6O2/c1-23(15-16-6-3-2-4-7-16)17(26)14-22-19(27)25-12-10-24(11-13-25)18-20-8-5-9-21-18/h2-9H,10-15H2,1H3,(H,22,27). The molecule has 0 atom stereocenters. The zero-order valence-electron chi connectivity index (χ0n) is 15.4. The number of anilines is 1. The molecule has 1 aliphatic heterocycles. The van der Waals surface area contributed by atoms with Gasteiger partial charge in [0.05, 0.1) is 6.54 Å². The summed E-state index contributed by atoms with van der Waals surface area (Å²) in [5.41, 5.74) is 1.05. The summed E-state index contributed by atoms with van der Waals surface area (Å²) in [6, 6.07) is 11.3. The Morgan fingerprint density at radius 3 is 2.37 bits per heavy atom. The first-order valence-corrected chi connectivity index (χ1v) is 8.96. The van der Waals surface area contributed by atoms with E-state index in [-0.39, 0.29) is 18.5 Å². The van der Waals surface area contributed by atoms with Crippen molar-refractivity contribution in [3.63, 3.8) is 0 Å². The maximum Gasteiger partial charge on any atom is 0.317 e. The summed E-state index contributed by atoms with van der Waals surface area (Å²) >= 11 is 0. The van der Waals surface area contributed by atoms with Gasteiger partial charge in [-0.1, -0.05) is 30.3 Å². The molecule has 0 saturated carbocycles. The average Bonchev–Trinajstić information content (AvgIpc) is 2.73. The minimum absolute atomic E-state index is 0.00974. The number of amides is 3. The quantitative estimate of drug-likeness (QED) is 0.850. The van der Waals surface area contributed by atoms with Gasteiger partial charge in [0.25, 0.3) is 0 Å². The number of hydrogen-bond acceptors (Lipinski definition) is 5. The van der Waals surface area contributed by atoms with Crippen molar-refractivity contribution in [3.8, 4) is 0 Å². The molecule has 0 aliphatic carbocycles. The number of aromatic nitrogens is 2. The Bertz CT molecular complexity index is 747. The number of carbonyl (C=O) groups is 2. The van der Waals surface area contributed by atoms with E-state index in [0.717, 1.165) is 5.56 Å². The van der Waals surface area contributed by atoms with Crippen molar-refractivity contribution in [2.75, 3.05) is 44.7 Å². The molecule has 2 aromatic rings. The minimum Gasteiger partial charge on any atom is -0.340 e. The largest absolute Gasteiger partial charge is 0.340 e. The number of benzene rings is 1. The number of hydrogen-bond donors (Lipinski definition) is 1.